The average Bonchev–Trinajstić information content (AvgIpc) is 2.62. The van der Waals surface area contributed by atoms with Crippen molar-refractivity contribution >= 4 is 17.8 Å². The SMILES string of the molecule is CC(C)CC1(C(C)C)N(CC(O)CC(=O)O)CC(=O)N1CC(N)=O. The molecule has 0 aromatic carbocycles. The van der Waals surface area contributed by atoms with Gasteiger partial charge < -0.3 is 20.8 Å². The number of carboxylic acids is 1. The van der Waals surface area contributed by atoms with Crippen molar-refractivity contribution in [3.63, 3.8) is 0 Å². The molecule has 0 spiro atoms. The topological polar surface area (TPSA) is 124 Å². The predicted octanol–water partition coefficient (Wildman–Crippen LogP) is -0.150. The third-order valence-electron chi connectivity index (χ3n) is 4.43. The molecule has 0 saturated carbocycles. The van der Waals surface area contributed by atoms with Crippen molar-refractivity contribution in [2.75, 3.05) is 19.6 Å². The van der Waals surface area contributed by atoms with Gasteiger partial charge in [0.2, 0.25) is 11.8 Å². The third-order valence-corrected chi connectivity index (χ3v) is 4.43. The molecule has 0 aromatic rings. The van der Waals surface area contributed by atoms with Crippen LogP contribution in [0.5, 0.6) is 0 Å². The summed E-state index contributed by atoms with van der Waals surface area (Å²) < 4.78 is 0. The molecule has 0 aliphatic carbocycles. The Bertz CT molecular complexity index is 494. The van der Waals surface area contributed by atoms with Gasteiger partial charge in [0.25, 0.3) is 0 Å². The summed E-state index contributed by atoms with van der Waals surface area (Å²) in [7, 11) is 0. The summed E-state index contributed by atoms with van der Waals surface area (Å²) in [6, 6.07) is 0. The molecule has 138 valence electrons. The molecule has 24 heavy (non-hydrogen) atoms. The second-order valence-corrected chi connectivity index (χ2v) is 7.21. The minimum Gasteiger partial charge on any atom is -0.481 e. The lowest BCUT2D eigenvalue weighted by Gasteiger charge is -2.48. The summed E-state index contributed by atoms with van der Waals surface area (Å²) in [5, 5.41) is 18.9. The van der Waals surface area contributed by atoms with E-state index >= 15 is 0 Å². The Morgan fingerprint density at radius 3 is 2.29 bits per heavy atom. The summed E-state index contributed by atoms with van der Waals surface area (Å²) in [5.74, 6) is -1.72. The number of amides is 2. The number of carbonyl (C=O) groups is 3. The second kappa shape index (κ2) is 7.94. The first-order valence-corrected chi connectivity index (χ1v) is 8.24. The summed E-state index contributed by atoms with van der Waals surface area (Å²) >= 11 is 0. The van der Waals surface area contributed by atoms with Gasteiger partial charge >= 0.3 is 5.97 Å². The zero-order chi connectivity index (χ0) is 18.7. The van der Waals surface area contributed by atoms with E-state index in [4.69, 9.17) is 10.8 Å². The maximum Gasteiger partial charge on any atom is 0.306 e. The molecule has 8 nitrogen and oxygen atoms in total. The Hall–Kier alpha value is -1.67. The van der Waals surface area contributed by atoms with Gasteiger partial charge in [0.1, 0.15) is 6.54 Å². The number of carboxylic acid groups (broad SMARTS) is 1. The number of aliphatic hydroxyl groups is 1. The first-order chi connectivity index (χ1) is 11.0. The molecule has 2 amide bonds. The van der Waals surface area contributed by atoms with Crippen LogP contribution in [-0.2, 0) is 14.4 Å². The fraction of sp³-hybridized carbons (Fsp3) is 0.812. The summed E-state index contributed by atoms with van der Waals surface area (Å²) in [6.07, 6.45) is -0.881. The van der Waals surface area contributed by atoms with E-state index < -0.39 is 30.1 Å². The van der Waals surface area contributed by atoms with Crippen molar-refractivity contribution in [2.24, 2.45) is 17.6 Å². The number of β-amino-alcohol motifs (C(OH)–C–C–N with tert-alkyl or cyclic N) is 1. The van der Waals surface area contributed by atoms with E-state index in [0.717, 1.165) is 0 Å². The molecule has 0 bridgehead atoms. The molecule has 1 aliphatic rings. The number of hydrogen-bond acceptors (Lipinski definition) is 5. The van der Waals surface area contributed by atoms with E-state index in [2.05, 4.69) is 0 Å². The van der Waals surface area contributed by atoms with Crippen LogP contribution in [-0.4, -0.2) is 69.2 Å². The maximum absolute atomic E-state index is 12.5. The Balaban J connectivity index is 3.20. The molecule has 1 heterocycles. The zero-order valence-electron chi connectivity index (χ0n) is 14.9. The van der Waals surface area contributed by atoms with Crippen molar-refractivity contribution in [1.29, 1.82) is 0 Å². The average molecular weight is 343 g/mol. The van der Waals surface area contributed by atoms with Crippen LogP contribution in [0.2, 0.25) is 0 Å². The van der Waals surface area contributed by atoms with Crippen molar-refractivity contribution in [3.8, 4) is 0 Å². The highest BCUT2D eigenvalue weighted by Crippen LogP contribution is 2.40. The largest absolute Gasteiger partial charge is 0.481 e. The monoisotopic (exact) mass is 343 g/mol. The van der Waals surface area contributed by atoms with Crippen LogP contribution < -0.4 is 5.73 Å². The van der Waals surface area contributed by atoms with Crippen molar-refractivity contribution in [3.05, 3.63) is 0 Å². The lowest BCUT2D eigenvalue weighted by atomic mass is 9.85. The normalized spacial score (nSPS) is 23.3. The van der Waals surface area contributed by atoms with Gasteiger partial charge in [0.05, 0.1) is 24.7 Å². The number of nitrogens with two attached hydrogens (primary N) is 1. The van der Waals surface area contributed by atoms with E-state index in [1.807, 2.05) is 27.7 Å². The molecule has 4 N–H and O–H groups in total. The smallest absolute Gasteiger partial charge is 0.306 e. The quantitative estimate of drug-likeness (QED) is 0.535. The fourth-order valence-corrected chi connectivity index (χ4v) is 3.65. The van der Waals surface area contributed by atoms with Gasteiger partial charge in [-0.25, -0.2) is 0 Å². The van der Waals surface area contributed by atoms with Crippen LogP contribution in [0.3, 0.4) is 0 Å². The molecule has 8 heteroatoms. The van der Waals surface area contributed by atoms with E-state index in [0.29, 0.717) is 6.42 Å². The third kappa shape index (κ3) is 4.45. The van der Waals surface area contributed by atoms with Gasteiger partial charge in [-0.3, -0.25) is 19.3 Å². The van der Waals surface area contributed by atoms with Crippen molar-refractivity contribution < 1.29 is 24.6 Å². The minimum absolute atomic E-state index is 0.0253. The molecule has 2 unspecified atom stereocenters. The van der Waals surface area contributed by atoms with Crippen LogP contribution in [0.4, 0.5) is 0 Å². The van der Waals surface area contributed by atoms with E-state index in [1.54, 1.807) is 4.90 Å². The Kier molecular flexibility index (Phi) is 6.74. The number of hydrogen-bond donors (Lipinski definition) is 3. The molecule has 1 saturated heterocycles. The second-order valence-electron chi connectivity index (χ2n) is 7.21. The summed E-state index contributed by atoms with van der Waals surface area (Å²) in [6.45, 7) is 7.84. The van der Waals surface area contributed by atoms with E-state index in [-0.39, 0.29) is 37.4 Å². The maximum atomic E-state index is 12.5. The van der Waals surface area contributed by atoms with Gasteiger partial charge in [-0.2, -0.15) is 0 Å². The first kappa shape index (κ1) is 20.4. The van der Waals surface area contributed by atoms with E-state index in [1.165, 1.54) is 4.90 Å². The molecule has 1 aliphatic heterocycles. The highest BCUT2D eigenvalue weighted by molar-refractivity contribution is 5.87. The molecule has 0 radical (unpaired) electrons. The van der Waals surface area contributed by atoms with Crippen molar-refractivity contribution in [1.82, 2.24) is 9.80 Å². The van der Waals surface area contributed by atoms with Gasteiger partial charge in [-0.05, 0) is 18.3 Å². The zero-order valence-corrected chi connectivity index (χ0v) is 14.9. The standard InChI is InChI=1S/C16H29N3O5/c1-10(2)6-16(11(3)4)18(7-12(20)5-15(23)24)9-14(22)19(16)8-13(17)21/h10-12,20H,5-9H2,1-4H3,(H2,17,21)(H,23,24). The van der Waals surface area contributed by atoms with Gasteiger partial charge in [0, 0.05) is 6.54 Å². The fourth-order valence-electron chi connectivity index (χ4n) is 3.65. The van der Waals surface area contributed by atoms with E-state index in [9.17, 15) is 19.5 Å². The predicted molar refractivity (Wildman–Crippen MR) is 87.8 cm³/mol. The molecule has 2 atom stereocenters. The van der Waals surface area contributed by atoms with Crippen LogP contribution >= 0.6 is 0 Å². The first-order valence-electron chi connectivity index (χ1n) is 8.24. The van der Waals surface area contributed by atoms with Crippen LogP contribution in [0, 0.1) is 11.8 Å². The number of aliphatic hydroxyl groups excluding tert-OH is 1. The molecule has 0 aromatic heterocycles. The number of nitrogens with zero attached hydrogens (tertiary/aromatic N) is 2. The van der Waals surface area contributed by atoms with Gasteiger partial charge in [-0.1, -0.05) is 27.7 Å². The number of aliphatic carboxylic acids is 1. The number of rotatable bonds is 9. The van der Waals surface area contributed by atoms with Crippen LogP contribution in [0.1, 0.15) is 40.5 Å². The summed E-state index contributed by atoms with van der Waals surface area (Å²) in [5.41, 5.74) is 4.56. The highest BCUT2D eigenvalue weighted by atomic mass is 16.4. The molecular formula is C16H29N3O5. The highest BCUT2D eigenvalue weighted by Gasteiger charge is 2.53. The Labute approximate surface area is 142 Å². The molecule has 1 rings (SSSR count). The Morgan fingerprint density at radius 1 is 1.29 bits per heavy atom. The molecular weight excluding hydrogens is 314 g/mol. The Morgan fingerprint density at radius 2 is 1.88 bits per heavy atom. The van der Waals surface area contributed by atoms with Gasteiger partial charge in [0.15, 0.2) is 0 Å². The molecule has 1 fully saturated rings. The number of carbonyl (C=O) groups excluding carboxylic acids is 2. The number of primary amides is 1. The van der Waals surface area contributed by atoms with Crippen LogP contribution in [0.15, 0.2) is 0 Å². The lowest BCUT2D eigenvalue weighted by Crippen LogP contribution is -2.61. The summed E-state index contributed by atoms with van der Waals surface area (Å²) in [4.78, 5) is 38.1. The minimum atomic E-state index is -1.10. The van der Waals surface area contributed by atoms with Gasteiger partial charge in [-0.15, -0.1) is 0 Å². The van der Waals surface area contributed by atoms with Crippen LogP contribution in [0.25, 0.3) is 0 Å². The lowest BCUT2D eigenvalue weighted by molar-refractivity contribution is -0.142. The van der Waals surface area contributed by atoms with Crippen molar-refractivity contribution in [2.45, 2.75) is 52.3 Å².